The minimum Gasteiger partial charge on any atom is -0.493 e. The Balaban J connectivity index is 2.68. The highest BCUT2D eigenvalue weighted by molar-refractivity contribution is 5.35. The molecule has 2 nitrogen and oxygen atoms in total. The largest absolute Gasteiger partial charge is 0.493 e. The van der Waals surface area contributed by atoms with Gasteiger partial charge in [-0.3, -0.25) is 0 Å². The molecular weight excluding hydrogens is 198 g/mol. The Morgan fingerprint density at radius 2 is 1.94 bits per heavy atom. The van der Waals surface area contributed by atoms with Crippen LogP contribution in [0.1, 0.15) is 45.2 Å². The van der Waals surface area contributed by atoms with Crippen LogP contribution in [0.15, 0.2) is 24.3 Å². The van der Waals surface area contributed by atoms with Crippen molar-refractivity contribution >= 4 is 0 Å². The van der Waals surface area contributed by atoms with Gasteiger partial charge in [0.15, 0.2) is 0 Å². The van der Waals surface area contributed by atoms with Crippen LogP contribution < -0.4 is 10.1 Å². The average molecular weight is 221 g/mol. The number of rotatable bonds is 7. The van der Waals surface area contributed by atoms with Crippen LogP contribution in [0.3, 0.4) is 0 Å². The number of para-hydroxylation sites is 1. The molecule has 0 aromatic heterocycles. The van der Waals surface area contributed by atoms with Crippen LogP contribution in [-0.4, -0.2) is 13.2 Å². The Hall–Kier alpha value is -1.02. The van der Waals surface area contributed by atoms with Gasteiger partial charge in [-0.05, 0) is 32.4 Å². The van der Waals surface area contributed by atoms with Crippen molar-refractivity contribution in [2.45, 2.75) is 39.7 Å². The van der Waals surface area contributed by atoms with Crippen molar-refractivity contribution in [3.8, 4) is 5.75 Å². The van der Waals surface area contributed by atoms with Crippen molar-refractivity contribution < 1.29 is 4.74 Å². The quantitative estimate of drug-likeness (QED) is 0.760. The second kappa shape index (κ2) is 7.29. The van der Waals surface area contributed by atoms with E-state index in [9.17, 15) is 0 Å². The molecule has 0 aliphatic rings. The first-order chi connectivity index (χ1) is 7.79. The SMILES string of the molecule is CCCN[C@H](C)c1ccccc1OCCC. The predicted molar refractivity (Wildman–Crippen MR) is 68.9 cm³/mol. The average Bonchev–Trinajstić information content (AvgIpc) is 2.33. The summed E-state index contributed by atoms with van der Waals surface area (Å²) >= 11 is 0. The maximum atomic E-state index is 5.75. The number of hydrogen-bond acceptors (Lipinski definition) is 2. The fourth-order valence-electron chi connectivity index (χ4n) is 1.65. The summed E-state index contributed by atoms with van der Waals surface area (Å²) < 4.78 is 5.75. The van der Waals surface area contributed by atoms with Gasteiger partial charge in [0.1, 0.15) is 5.75 Å². The standard InChI is InChI=1S/C14H23NO/c1-4-10-15-12(3)13-8-6-7-9-14(13)16-11-5-2/h6-9,12,15H,4-5,10-11H2,1-3H3/t12-/m1/s1. The molecular formula is C14H23NO. The molecule has 0 fully saturated rings. The first-order valence-corrected chi connectivity index (χ1v) is 6.24. The Morgan fingerprint density at radius 3 is 2.62 bits per heavy atom. The third-order valence-electron chi connectivity index (χ3n) is 2.55. The summed E-state index contributed by atoms with van der Waals surface area (Å²) in [5.74, 6) is 1.01. The van der Waals surface area contributed by atoms with Crippen LogP contribution in [-0.2, 0) is 0 Å². The van der Waals surface area contributed by atoms with Crippen LogP contribution in [0.5, 0.6) is 5.75 Å². The Bertz CT molecular complexity index is 299. The third kappa shape index (κ3) is 3.86. The van der Waals surface area contributed by atoms with Gasteiger partial charge in [0, 0.05) is 11.6 Å². The molecule has 1 atom stereocenters. The molecule has 1 aromatic rings. The van der Waals surface area contributed by atoms with E-state index in [1.807, 2.05) is 6.07 Å². The van der Waals surface area contributed by atoms with Crippen molar-refractivity contribution in [3.05, 3.63) is 29.8 Å². The number of ether oxygens (including phenoxy) is 1. The van der Waals surface area contributed by atoms with E-state index in [1.54, 1.807) is 0 Å². The number of benzene rings is 1. The molecule has 0 heterocycles. The van der Waals surface area contributed by atoms with Gasteiger partial charge in [0.2, 0.25) is 0 Å². The molecule has 0 saturated carbocycles. The van der Waals surface area contributed by atoms with Gasteiger partial charge in [-0.1, -0.05) is 32.0 Å². The molecule has 90 valence electrons. The Labute approximate surface area is 99.0 Å². The lowest BCUT2D eigenvalue weighted by molar-refractivity contribution is 0.311. The van der Waals surface area contributed by atoms with Crippen molar-refractivity contribution in [1.82, 2.24) is 5.32 Å². The summed E-state index contributed by atoms with van der Waals surface area (Å²) in [5.41, 5.74) is 1.25. The summed E-state index contributed by atoms with van der Waals surface area (Å²) in [4.78, 5) is 0. The highest BCUT2D eigenvalue weighted by Gasteiger charge is 2.09. The Kier molecular flexibility index (Phi) is 5.94. The van der Waals surface area contributed by atoms with E-state index in [0.29, 0.717) is 6.04 Å². The van der Waals surface area contributed by atoms with Gasteiger partial charge >= 0.3 is 0 Å². The van der Waals surface area contributed by atoms with Gasteiger partial charge in [-0.15, -0.1) is 0 Å². The minimum absolute atomic E-state index is 0.355. The molecule has 1 rings (SSSR count). The van der Waals surface area contributed by atoms with Gasteiger partial charge in [0.25, 0.3) is 0 Å². The molecule has 0 radical (unpaired) electrons. The summed E-state index contributed by atoms with van der Waals surface area (Å²) in [7, 11) is 0. The van der Waals surface area contributed by atoms with Gasteiger partial charge < -0.3 is 10.1 Å². The summed E-state index contributed by atoms with van der Waals surface area (Å²) in [6, 6.07) is 8.64. The number of nitrogens with one attached hydrogen (secondary N) is 1. The molecule has 0 spiro atoms. The van der Waals surface area contributed by atoms with E-state index in [-0.39, 0.29) is 0 Å². The fourth-order valence-corrected chi connectivity index (χ4v) is 1.65. The molecule has 0 saturated heterocycles. The lowest BCUT2D eigenvalue weighted by Crippen LogP contribution is -2.20. The molecule has 2 heteroatoms. The van der Waals surface area contributed by atoms with E-state index < -0.39 is 0 Å². The lowest BCUT2D eigenvalue weighted by Gasteiger charge is -2.17. The van der Waals surface area contributed by atoms with Crippen LogP contribution in [0.4, 0.5) is 0 Å². The lowest BCUT2D eigenvalue weighted by atomic mass is 10.1. The molecule has 0 aliphatic carbocycles. The monoisotopic (exact) mass is 221 g/mol. The van der Waals surface area contributed by atoms with Crippen molar-refractivity contribution in [3.63, 3.8) is 0 Å². The minimum atomic E-state index is 0.355. The van der Waals surface area contributed by atoms with E-state index in [1.165, 1.54) is 5.56 Å². The van der Waals surface area contributed by atoms with Crippen molar-refractivity contribution in [2.24, 2.45) is 0 Å². The highest BCUT2D eigenvalue weighted by Crippen LogP contribution is 2.24. The molecule has 0 aliphatic heterocycles. The summed E-state index contributed by atoms with van der Waals surface area (Å²) in [6.07, 6.45) is 2.20. The van der Waals surface area contributed by atoms with E-state index in [4.69, 9.17) is 4.74 Å². The second-order valence-electron chi connectivity index (χ2n) is 4.06. The smallest absolute Gasteiger partial charge is 0.124 e. The fraction of sp³-hybridized carbons (Fsp3) is 0.571. The summed E-state index contributed by atoms with van der Waals surface area (Å²) in [5, 5.41) is 3.49. The summed E-state index contributed by atoms with van der Waals surface area (Å²) in [6.45, 7) is 8.32. The van der Waals surface area contributed by atoms with Crippen molar-refractivity contribution in [2.75, 3.05) is 13.2 Å². The second-order valence-corrected chi connectivity index (χ2v) is 4.06. The van der Waals surface area contributed by atoms with E-state index >= 15 is 0 Å². The van der Waals surface area contributed by atoms with E-state index in [2.05, 4.69) is 44.3 Å². The molecule has 1 N–H and O–H groups in total. The van der Waals surface area contributed by atoms with Gasteiger partial charge in [0.05, 0.1) is 6.61 Å². The zero-order chi connectivity index (χ0) is 11.8. The van der Waals surface area contributed by atoms with Crippen LogP contribution in [0.2, 0.25) is 0 Å². The first kappa shape index (κ1) is 13.0. The molecule has 0 unspecified atom stereocenters. The van der Waals surface area contributed by atoms with Gasteiger partial charge in [-0.25, -0.2) is 0 Å². The maximum Gasteiger partial charge on any atom is 0.124 e. The Morgan fingerprint density at radius 1 is 1.19 bits per heavy atom. The normalized spacial score (nSPS) is 12.4. The van der Waals surface area contributed by atoms with E-state index in [0.717, 1.165) is 31.7 Å². The topological polar surface area (TPSA) is 21.3 Å². The van der Waals surface area contributed by atoms with Crippen LogP contribution in [0.25, 0.3) is 0 Å². The zero-order valence-corrected chi connectivity index (χ0v) is 10.6. The molecule has 0 amide bonds. The predicted octanol–water partition coefficient (Wildman–Crippen LogP) is 3.54. The molecule has 16 heavy (non-hydrogen) atoms. The van der Waals surface area contributed by atoms with Crippen LogP contribution >= 0.6 is 0 Å². The highest BCUT2D eigenvalue weighted by atomic mass is 16.5. The maximum absolute atomic E-state index is 5.75. The van der Waals surface area contributed by atoms with Crippen molar-refractivity contribution in [1.29, 1.82) is 0 Å². The van der Waals surface area contributed by atoms with Gasteiger partial charge in [-0.2, -0.15) is 0 Å². The zero-order valence-electron chi connectivity index (χ0n) is 10.6. The third-order valence-corrected chi connectivity index (χ3v) is 2.55. The first-order valence-electron chi connectivity index (χ1n) is 6.24. The van der Waals surface area contributed by atoms with Crippen LogP contribution in [0, 0.1) is 0 Å². The molecule has 1 aromatic carbocycles. The number of hydrogen-bond donors (Lipinski definition) is 1. The molecule has 0 bridgehead atoms.